The van der Waals surface area contributed by atoms with Gasteiger partial charge in [-0.15, -0.1) is 0 Å². The molecular formula is C36H53N7O4. The first-order valence-electron chi connectivity index (χ1n) is 17.3. The van der Waals surface area contributed by atoms with Crippen molar-refractivity contribution in [2.24, 2.45) is 0 Å². The van der Waals surface area contributed by atoms with Gasteiger partial charge in [-0.25, -0.2) is 0 Å². The number of imide groups is 1. The van der Waals surface area contributed by atoms with E-state index >= 15 is 0 Å². The molecule has 3 heterocycles. The Bertz CT molecular complexity index is 1430. The molecule has 5 rings (SSSR count). The van der Waals surface area contributed by atoms with Crippen molar-refractivity contribution in [3.05, 3.63) is 41.0 Å². The van der Waals surface area contributed by atoms with Crippen molar-refractivity contribution in [3.8, 4) is 5.75 Å². The first-order chi connectivity index (χ1) is 22.6. The summed E-state index contributed by atoms with van der Waals surface area (Å²) < 4.78 is 5.81. The molecule has 0 aliphatic carbocycles. The van der Waals surface area contributed by atoms with E-state index in [1.165, 1.54) is 21.7 Å². The van der Waals surface area contributed by atoms with E-state index in [9.17, 15) is 14.4 Å². The molecule has 3 aliphatic heterocycles. The highest BCUT2D eigenvalue weighted by Gasteiger charge is 2.34. The molecular weight excluding hydrogens is 594 g/mol. The fourth-order valence-corrected chi connectivity index (χ4v) is 7.58. The first-order valence-corrected chi connectivity index (χ1v) is 17.3. The Balaban J connectivity index is 1.18. The summed E-state index contributed by atoms with van der Waals surface area (Å²) in [5.41, 5.74) is 13.5. The lowest BCUT2D eigenvalue weighted by Gasteiger charge is -2.43. The summed E-state index contributed by atoms with van der Waals surface area (Å²) in [6.45, 7) is 14.1. The molecule has 3 fully saturated rings. The minimum Gasteiger partial charge on any atom is -0.492 e. The number of rotatable bonds is 12. The quantitative estimate of drug-likeness (QED) is 0.204. The summed E-state index contributed by atoms with van der Waals surface area (Å²) in [6.07, 6.45) is 5.36. The van der Waals surface area contributed by atoms with Gasteiger partial charge in [0.15, 0.2) is 0 Å². The smallest absolute Gasteiger partial charge is 0.249 e. The second-order valence-corrected chi connectivity index (χ2v) is 13.3. The molecule has 3 saturated heterocycles. The third-order valence-electron chi connectivity index (χ3n) is 10.2. The van der Waals surface area contributed by atoms with Crippen molar-refractivity contribution in [1.82, 2.24) is 15.1 Å². The van der Waals surface area contributed by atoms with Crippen molar-refractivity contribution in [2.75, 3.05) is 86.9 Å². The molecule has 11 heteroatoms. The number of nitrogens with two attached hydrogens (primary N) is 1. The Morgan fingerprint density at radius 2 is 1.74 bits per heavy atom. The second-order valence-electron chi connectivity index (χ2n) is 13.3. The maximum atomic E-state index is 12.7. The Labute approximate surface area is 280 Å². The number of nitrogen functional groups attached to an aromatic ring is 1. The van der Waals surface area contributed by atoms with Crippen LogP contribution in [0.5, 0.6) is 5.75 Å². The summed E-state index contributed by atoms with van der Waals surface area (Å²) in [5, 5.41) is 2.39. The number of ether oxygens (including phenoxy) is 1. The average Bonchev–Trinajstić information content (AvgIpc) is 3.06. The van der Waals surface area contributed by atoms with E-state index in [0.717, 1.165) is 101 Å². The van der Waals surface area contributed by atoms with Crippen molar-refractivity contribution >= 4 is 41.0 Å². The predicted molar refractivity (Wildman–Crippen MR) is 189 cm³/mol. The number of piperidine rings is 2. The van der Waals surface area contributed by atoms with Gasteiger partial charge in [-0.3, -0.25) is 24.6 Å². The highest BCUT2D eigenvalue weighted by atomic mass is 16.5. The number of anilines is 4. The molecule has 11 nitrogen and oxygen atoms in total. The van der Waals surface area contributed by atoms with Crippen molar-refractivity contribution in [3.63, 3.8) is 0 Å². The number of piperazine rings is 1. The van der Waals surface area contributed by atoms with Gasteiger partial charge in [-0.05, 0) is 74.8 Å². The zero-order chi connectivity index (χ0) is 33.7. The van der Waals surface area contributed by atoms with Crippen LogP contribution in [0.1, 0.15) is 56.2 Å². The van der Waals surface area contributed by atoms with Crippen LogP contribution >= 0.6 is 0 Å². The lowest BCUT2D eigenvalue weighted by Crippen LogP contribution is -2.53. The number of amides is 3. The predicted octanol–water partition coefficient (Wildman–Crippen LogP) is 3.20. The minimum absolute atomic E-state index is 0.222. The number of aryl methyl sites for hydroxylation is 2. The zero-order valence-corrected chi connectivity index (χ0v) is 28.9. The molecule has 2 aromatic rings. The number of hydrogen-bond donors (Lipinski definition) is 2. The van der Waals surface area contributed by atoms with Crippen LogP contribution in [-0.4, -0.2) is 107 Å². The molecule has 1 unspecified atom stereocenters. The monoisotopic (exact) mass is 647 g/mol. The molecule has 2 aromatic carbocycles. The normalized spacial score (nSPS) is 19.9. The molecule has 0 spiro atoms. The highest BCUT2D eigenvalue weighted by molar-refractivity contribution is 6.04. The van der Waals surface area contributed by atoms with E-state index in [0.29, 0.717) is 24.8 Å². The van der Waals surface area contributed by atoms with Crippen LogP contribution in [0.2, 0.25) is 0 Å². The topological polar surface area (TPSA) is 115 Å². The molecule has 0 saturated carbocycles. The van der Waals surface area contributed by atoms with E-state index in [2.05, 4.69) is 46.0 Å². The summed E-state index contributed by atoms with van der Waals surface area (Å²) in [5.74, 6) is 0.0728. The molecule has 0 aromatic heterocycles. The fraction of sp³-hybridized carbons (Fsp3) is 0.583. The number of hydrogen-bond acceptors (Lipinski definition) is 9. The largest absolute Gasteiger partial charge is 0.492 e. The molecule has 0 radical (unpaired) electrons. The standard InChI is InChI=1S/C36H53N7O4/c1-6-26-22-29(37)33(47-7-2)23-32(26)42-16-12-27(13-17-42)41-20-18-40(19-21-41)15-14-28-25(3)8-9-30(35(28)39(4)5)43(24-44)31-10-11-34(45)38-36(31)46/h8-9,22-24,27,31H,6-7,10-21,37H2,1-5H3,(H,38,45,46). The number of carbonyl (C=O) groups is 3. The summed E-state index contributed by atoms with van der Waals surface area (Å²) in [4.78, 5) is 48.1. The third-order valence-corrected chi connectivity index (χ3v) is 10.2. The van der Waals surface area contributed by atoms with Crippen LogP contribution in [0.25, 0.3) is 0 Å². The van der Waals surface area contributed by atoms with E-state index in [1.54, 1.807) is 0 Å². The van der Waals surface area contributed by atoms with Crippen LogP contribution in [0.3, 0.4) is 0 Å². The van der Waals surface area contributed by atoms with Crippen LogP contribution in [0, 0.1) is 6.92 Å². The van der Waals surface area contributed by atoms with Crippen LogP contribution in [0.4, 0.5) is 22.7 Å². The van der Waals surface area contributed by atoms with Crippen molar-refractivity contribution in [2.45, 2.75) is 71.4 Å². The third kappa shape index (κ3) is 7.67. The molecule has 47 heavy (non-hydrogen) atoms. The van der Waals surface area contributed by atoms with Gasteiger partial charge >= 0.3 is 0 Å². The van der Waals surface area contributed by atoms with Gasteiger partial charge in [0.1, 0.15) is 11.8 Å². The van der Waals surface area contributed by atoms with Gasteiger partial charge in [-0.1, -0.05) is 13.0 Å². The lowest BCUT2D eigenvalue weighted by molar-refractivity contribution is -0.134. The fourth-order valence-electron chi connectivity index (χ4n) is 7.58. The van der Waals surface area contributed by atoms with Gasteiger partial charge in [0.05, 0.1) is 23.7 Å². The van der Waals surface area contributed by atoms with E-state index in [-0.39, 0.29) is 12.3 Å². The Morgan fingerprint density at radius 3 is 2.36 bits per heavy atom. The van der Waals surface area contributed by atoms with E-state index < -0.39 is 11.9 Å². The van der Waals surface area contributed by atoms with Crippen LogP contribution in [0.15, 0.2) is 24.3 Å². The highest BCUT2D eigenvalue weighted by Crippen LogP contribution is 2.37. The van der Waals surface area contributed by atoms with Gasteiger partial charge in [-0.2, -0.15) is 0 Å². The maximum Gasteiger partial charge on any atom is 0.249 e. The maximum absolute atomic E-state index is 12.7. The summed E-state index contributed by atoms with van der Waals surface area (Å²) >= 11 is 0. The molecule has 256 valence electrons. The van der Waals surface area contributed by atoms with E-state index in [4.69, 9.17) is 10.5 Å². The number of nitrogens with zero attached hydrogens (tertiary/aromatic N) is 5. The van der Waals surface area contributed by atoms with Gasteiger partial charge in [0, 0.05) is 84.1 Å². The van der Waals surface area contributed by atoms with Crippen LogP contribution in [-0.2, 0) is 27.2 Å². The number of nitrogens with one attached hydrogen (secondary N) is 1. The average molecular weight is 648 g/mol. The molecule has 0 bridgehead atoms. The van der Waals surface area contributed by atoms with Crippen molar-refractivity contribution in [1.29, 1.82) is 0 Å². The minimum atomic E-state index is -0.702. The summed E-state index contributed by atoms with van der Waals surface area (Å²) in [6, 6.07) is 8.08. The molecule has 3 N–H and O–H groups in total. The zero-order valence-electron chi connectivity index (χ0n) is 28.9. The van der Waals surface area contributed by atoms with Gasteiger partial charge in [0.2, 0.25) is 18.2 Å². The molecule has 3 amide bonds. The number of carbonyl (C=O) groups excluding carboxylic acids is 3. The Morgan fingerprint density at radius 1 is 1.02 bits per heavy atom. The van der Waals surface area contributed by atoms with Crippen molar-refractivity contribution < 1.29 is 19.1 Å². The van der Waals surface area contributed by atoms with E-state index in [1.807, 2.05) is 38.1 Å². The summed E-state index contributed by atoms with van der Waals surface area (Å²) in [7, 11) is 3.96. The molecule has 3 aliphatic rings. The lowest BCUT2D eigenvalue weighted by atomic mass is 9.97. The molecule has 1 atom stereocenters. The van der Waals surface area contributed by atoms with Gasteiger partial charge in [0.25, 0.3) is 0 Å². The first kappa shape index (κ1) is 34.5. The Hall–Kier alpha value is -3.83. The Kier molecular flexibility index (Phi) is 11.3. The SMILES string of the molecule is CCOc1cc(N2CCC(N3CCN(CCc4c(C)ccc(N(C=O)C5CCC(=O)NC5=O)c4N(C)C)CC3)CC2)c(CC)cc1N. The number of benzene rings is 2. The second kappa shape index (κ2) is 15.4. The van der Waals surface area contributed by atoms with Gasteiger partial charge < -0.3 is 30.1 Å². The van der Waals surface area contributed by atoms with Crippen LogP contribution < -0.4 is 30.5 Å².